The molecule has 0 heterocycles. The van der Waals surface area contributed by atoms with Crippen LogP contribution in [0.5, 0.6) is 0 Å². The van der Waals surface area contributed by atoms with E-state index in [1.807, 2.05) is 24.3 Å². The van der Waals surface area contributed by atoms with E-state index in [-0.39, 0.29) is 12.0 Å². The smallest absolute Gasteiger partial charge is 0.421 e. The highest BCUT2D eigenvalue weighted by molar-refractivity contribution is 5.64. The van der Waals surface area contributed by atoms with Crippen LogP contribution in [0.3, 0.4) is 0 Å². The molecule has 4 nitrogen and oxygen atoms in total. The van der Waals surface area contributed by atoms with Gasteiger partial charge in [0, 0.05) is 0 Å². The average molecular weight is 222 g/mol. The Labute approximate surface area is 95.6 Å². The van der Waals surface area contributed by atoms with Crippen LogP contribution < -0.4 is 5.84 Å². The van der Waals surface area contributed by atoms with Crippen molar-refractivity contribution in [2.24, 2.45) is 5.84 Å². The summed E-state index contributed by atoms with van der Waals surface area (Å²) in [6.07, 6.45) is -1.13. The second-order valence-electron chi connectivity index (χ2n) is 4.86. The Kier molecular flexibility index (Phi) is 3.55. The van der Waals surface area contributed by atoms with Crippen molar-refractivity contribution in [1.29, 1.82) is 0 Å². The van der Waals surface area contributed by atoms with Crippen molar-refractivity contribution in [2.75, 3.05) is 0 Å². The molecule has 0 unspecified atom stereocenters. The highest BCUT2D eigenvalue weighted by Gasteiger charge is 2.13. The maximum Gasteiger partial charge on any atom is 0.421 e. The monoisotopic (exact) mass is 222 g/mol. The van der Waals surface area contributed by atoms with Crippen LogP contribution in [-0.2, 0) is 12.0 Å². The molecule has 0 radical (unpaired) electrons. The minimum Gasteiger partial charge on any atom is -0.464 e. The summed E-state index contributed by atoms with van der Waals surface area (Å²) < 4.78 is 0. The van der Waals surface area contributed by atoms with Gasteiger partial charge in [0.2, 0.25) is 0 Å². The zero-order chi connectivity index (χ0) is 12.3. The Hall–Kier alpha value is -1.55. The molecule has 1 rings (SSSR count). The van der Waals surface area contributed by atoms with Crippen LogP contribution >= 0.6 is 0 Å². The van der Waals surface area contributed by atoms with E-state index in [2.05, 4.69) is 20.8 Å². The van der Waals surface area contributed by atoms with E-state index in [4.69, 9.17) is 10.9 Å². The van der Waals surface area contributed by atoms with E-state index >= 15 is 0 Å². The van der Waals surface area contributed by atoms with Gasteiger partial charge in [0.15, 0.2) is 0 Å². The Morgan fingerprint density at radius 2 is 1.81 bits per heavy atom. The molecule has 0 aromatic heterocycles. The van der Waals surface area contributed by atoms with Crippen molar-refractivity contribution in [3.8, 4) is 0 Å². The molecule has 88 valence electrons. The molecular weight excluding hydrogens is 204 g/mol. The standard InChI is InChI=1S/C12H18N2O2/c1-12(2,3)10-6-4-9(5-7-10)8-14(13)11(15)16/h4-7H,8,13H2,1-3H3,(H,15,16). The number of carboxylic acid groups (broad SMARTS) is 1. The van der Waals surface area contributed by atoms with Crippen molar-refractivity contribution in [2.45, 2.75) is 32.7 Å². The first-order valence-corrected chi connectivity index (χ1v) is 5.15. The molecular formula is C12H18N2O2. The van der Waals surface area contributed by atoms with Crippen LogP contribution in [0.15, 0.2) is 24.3 Å². The summed E-state index contributed by atoms with van der Waals surface area (Å²) in [5, 5.41) is 9.40. The van der Waals surface area contributed by atoms with E-state index in [9.17, 15) is 4.79 Å². The number of rotatable bonds is 2. The topological polar surface area (TPSA) is 66.6 Å². The molecule has 4 heteroatoms. The van der Waals surface area contributed by atoms with Gasteiger partial charge in [-0.25, -0.2) is 15.6 Å². The van der Waals surface area contributed by atoms with Gasteiger partial charge in [0.25, 0.3) is 0 Å². The van der Waals surface area contributed by atoms with Crippen molar-refractivity contribution < 1.29 is 9.90 Å². The fourth-order valence-corrected chi connectivity index (χ4v) is 1.37. The van der Waals surface area contributed by atoms with Crippen LogP contribution in [-0.4, -0.2) is 16.2 Å². The van der Waals surface area contributed by atoms with Crippen molar-refractivity contribution >= 4 is 6.09 Å². The van der Waals surface area contributed by atoms with Crippen molar-refractivity contribution in [3.63, 3.8) is 0 Å². The molecule has 1 aromatic carbocycles. The van der Waals surface area contributed by atoms with E-state index in [1.54, 1.807) is 0 Å². The van der Waals surface area contributed by atoms with E-state index in [0.29, 0.717) is 0 Å². The maximum absolute atomic E-state index is 10.5. The molecule has 0 spiro atoms. The summed E-state index contributed by atoms with van der Waals surface area (Å²) in [4.78, 5) is 10.5. The third kappa shape index (κ3) is 3.24. The molecule has 0 bridgehead atoms. The quantitative estimate of drug-likeness (QED) is 0.458. The minimum atomic E-state index is -1.13. The van der Waals surface area contributed by atoms with Gasteiger partial charge in [0.05, 0.1) is 6.54 Å². The number of hydrogen-bond donors (Lipinski definition) is 2. The third-order valence-corrected chi connectivity index (χ3v) is 2.42. The lowest BCUT2D eigenvalue weighted by Gasteiger charge is -2.19. The first kappa shape index (κ1) is 12.5. The number of hydrogen-bond acceptors (Lipinski definition) is 2. The predicted octanol–water partition coefficient (Wildman–Crippen LogP) is 2.34. The Bertz CT molecular complexity index is 366. The van der Waals surface area contributed by atoms with E-state index < -0.39 is 6.09 Å². The van der Waals surface area contributed by atoms with Crippen molar-refractivity contribution in [1.82, 2.24) is 5.01 Å². The van der Waals surface area contributed by atoms with Gasteiger partial charge in [-0.15, -0.1) is 0 Å². The predicted molar refractivity (Wildman–Crippen MR) is 62.9 cm³/mol. The summed E-state index contributed by atoms with van der Waals surface area (Å²) in [5.74, 6) is 5.31. The lowest BCUT2D eigenvalue weighted by Crippen LogP contribution is -2.35. The number of nitrogens with zero attached hydrogens (tertiary/aromatic N) is 1. The molecule has 0 aliphatic rings. The average Bonchev–Trinajstić information content (AvgIpc) is 2.17. The van der Waals surface area contributed by atoms with Gasteiger partial charge in [0.1, 0.15) is 0 Å². The first-order chi connectivity index (χ1) is 7.30. The molecule has 1 aromatic rings. The number of amides is 1. The van der Waals surface area contributed by atoms with Gasteiger partial charge < -0.3 is 5.11 Å². The van der Waals surface area contributed by atoms with Gasteiger partial charge >= 0.3 is 6.09 Å². The van der Waals surface area contributed by atoms with Crippen LogP contribution in [0.25, 0.3) is 0 Å². The van der Waals surface area contributed by atoms with Gasteiger partial charge in [-0.1, -0.05) is 45.0 Å². The summed E-state index contributed by atoms with van der Waals surface area (Å²) in [5.41, 5.74) is 2.21. The second-order valence-corrected chi connectivity index (χ2v) is 4.86. The molecule has 3 N–H and O–H groups in total. The zero-order valence-electron chi connectivity index (χ0n) is 9.90. The number of benzene rings is 1. The van der Waals surface area contributed by atoms with E-state index in [0.717, 1.165) is 10.6 Å². The van der Waals surface area contributed by atoms with Crippen LogP contribution in [0.4, 0.5) is 4.79 Å². The summed E-state index contributed by atoms with van der Waals surface area (Å²) in [6.45, 7) is 6.61. The molecule has 1 amide bonds. The lowest BCUT2D eigenvalue weighted by molar-refractivity contribution is 0.143. The fraction of sp³-hybridized carbons (Fsp3) is 0.417. The first-order valence-electron chi connectivity index (χ1n) is 5.15. The summed E-state index contributed by atoms with van der Waals surface area (Å²) >= 11 is 0. The van der Waals surface area contributed by atoms with Crippen LogP contribution in [0, 0.1) is 0 Å². The minimum absolute atomic E-state index is 0.105. The molecule has 0 saturated carbocycles. The Morgan fingerprint density at radius 3 is 2.19 bits per heavy atom. The number of hydrazine groups is 1. The number of nitrogens with two attached hydrogens (primary N) is 1. The normalized spacial score (nSPS) is 11.2. The fourth-order valence-electron chi connectivity index (χ4n) is 1.37. The Balaban J connectivity index is 2.76. The second kappa shape index (κ2) is 4.53. The van der Waals surface area contributed by atoms with Crippen LogP contribution in [0.2, 0.25) is 0 Å². The van der Waals surface area contributed by atoms with Gasteiger partial charge in [-0.2, -0.15) is 0 Å². The molecule has 0 atom stereocenters. The third-order valence-electron chi connectivity index (χ3n) is 2.42. The van der Waals surface area contributed by atoms with Gasteiger partial charge in [-0.05, 0) is 16.5 Å². The van der Waals surface area contributed by atoms with E-state index in [1.165, 1.54) is 5.56 Å². The molecule has 0 fully saturated rings. The highest BCUT2D eigenvalue weighted by atomic mass is 16.4. The maximum atomic E-state index is 10.5. The molecule has 16 heavy (non-hydrogen) atoms. The van der Waals surface area contributed by atoms with Crippen LogP contribution in [0.1, 0.15) is 31.9 Å². The Morgan fingerprint density at radius 1 is 1.31 bits per heavy atom. The molecule has 0 aliphatic carbocycles. The highest BCUT2D eigenvalue weighted by Crippen LogP contribution is 2.22. The summed E-state index contributed by atoms with van der Waals surface area (Å²) in [7, 11) is 0. The number of carbonyl (C=O) groups is 1. The molecule has 0 aliphatic heterocycles. The lowest BCUT2D eigenvalue weighted by atomic mass is 9.87. The summed E-state index contributed by atoms with van der Waals surface area (Å²) in [6, 6.07) is 7.82. The zero-order valence-corrected chi connectivity index (χ0v) is 9.90. The van der Waals surface area contributed by atoms with Gasteiger partial charge in [-0.3, -0.25) is 0 Å². The van der Waals surface area contributed by atoms with Crippen molar-refractivity contribution in [3.05, 3.63) is 35.4 Å². The molecule has 0 saturated heterocycles. The SMILES string of the molecule is CC(C)(C)c1ccc(CN(N)C(=O)O)cc1. The largest absolute Gasteiger partial charge is 0.464 e.